The first-order valence-electron chi connectivity index (χ1n) is 7.30. The fraction of sp³-hybridized carbons (Fsp3) is 0.375. The van der Waals surface area contributed by atoms with E-state index in [1.165, 1.54) is 5.56 Å². The van der Waals surface area contributed by atoms with Gasteiger partial charge in [0.25, 0.3) is 0 Å². The topological polar surface area (TPSA) is 50.2 Å². The molecule has 21 heavy (non-hydrogen) atoms. The van der Waals surface area contributed by atoms with E-state index in [1.807, 2.05) is 47.0 Å². The average Bonchev–Trinajstić information content (AvgIpc) is 3.04. The lowest BCUT2D eigenvalue weighted by Gasteiger charge is -2.25. The summed E-state index contributed by atoms with van der Waals surface area (Å²) < 4.78 is 1.83. The summed E-state index contributed by atoms with van der Waals surface area (Å²) in [5.41, 5.74) is 2.26. The fourth-order valence-corrected chi connectivity index (χ4v) is 2.89. The van der Waals surface area contributed by atoms with Crippen molar-refractivity contribution in [1.82, 2.24) is 15.1 Å². The van der Waals surface area contributed by atoms with Gasteiger partial charge in [-0.05, 0) is 38.0 Å². The summed E-state index contributed by atoms with van der Waals surface area (Å²) in [6, 6.07) is 10.2. The highest BCUT2D eigenvalue weighted by Gasteiger charge is 2.30. The highest BCUT2D eigenvalue weighted by atomic mass is 16.2. The van der Waals surface area contributed by atoms with E-state index in [0.29, 0.717) is 6.54 Å². The van der Waals surface area contributed by atoms with Crippen molar-refractivity contribution in [3.8, 4) is 0 Å². The van der Waals surface area contributed by atoms with Gasteiger partial charge in [0.2, 0.25) is 0 Å². The lowest BCUT2D eigenvalue weighted by Crippen LogP contribution is -2.47. The molecule has 0 unspecified atom stereocenters. The normalized spacial score (nSPS) is 18.4. The molecule has 1 aromatic heterocycles. The minimum absolute atomic E-state index is 0.0253. The number of para-hydroxylation sites is 1. The van der Waals surface area contributed by atoms with E-state index in [9.17, 15) is 4.79 Å². The Labute approximate surface area is 124 Å². The molecule has 0 fully saturated rings. The smallest absolute Gasteiger partial charge is 0.322 e. The molecular weight excluding hydrogens is 264 g/mol. The Bertz CT molecular complexity index is 623. The van der Waals surface area contributed by atoms with Gasteiger partial charge in [-0.2, -0.15) is 5.10 Å². The molecule has 1 N–H and O–H groups in total. The fourth-order valence-electron chi connectivity index (χ4n) is 2.89. The first kappa shape index (κ1) is 13.7. The molecule has 0 saturated carbocycles. The summed E-state index contributed by atoms with van der Waals surface area (Å²) in [6.45, 7) is 4.74. The number of hydrogen-bond donors (Lipinski definition) is 1. The van der Waals surface area contributed by atoms with Crippen LogP contribution in [0.3, 0.4) is 0 Å². The Balaban J connectivity index is 1.68. The molecule has 0 radical (unpaired) electrons. The van der Waals surface area contributed by atoms with E-state index in [2.05, 4.69) is 23.4 Å². The maximum absolute atomic E-state index is 12.5. The number of rotatable bonds is 3. The first-order chi connectivity index (χ1) is 10.1. The van der Waals surface area contributed by atoms with Crippen LogP contribution in [0, 0.1) is 0 Å². The number of fused-ring (bicyclic) bond motifs is 1. The Kier molecular flexibility index (Phi) is 3.64. The van der Waals surface area contributed by atoms with E-state index in [1.54, 1.807) is 6.20 Å². The van der Waals surface area contributed by atoms with E-state index in [4.69, 9.17) is 0 Å². The molecule has 0 aliphatic carbocycles. The van der Waals surface area contributed by atoms with Gasteiger partial charge in [0, 0.05) is 30.2 Å². The minimum atomic E-state index is -0.0351. The number of nitrogens with zero attached hydrogens (tertiary/aromatic N) is 3. The number of benzene rings is 1. The number of anilines is 1. The lowest BCUT2D eigenvalue weighted by atomic mass is 10.1. The van der Waals surface area contributed by atoms with Gasteiger partial charge in [-0.15, -0.1) is 0 Å². The molecule has 2 aromatic rings. The predicted octanol–water partition coefficient (Wildman–Crippen LogP) is 2.43. The monoisotopic (exact) mass is 284 g/mol. The molecule has 5 heteroatoms. The maximum Gasteiger partial charge on any atom is 0.322 e. The number of carbonyl (C=O) groups excluding carboxylic acids is 1. The highest BCUT2D eigenvalue weighted by molar-refractivity contribution is 5.95. The third-order valence-corrected chi connectivity index (χ3v) is 3.82. The Morgan fingerprint density at radius 3 is 3.00 bits per heavy atom. The molecule has 2 amide bonds. The Morgan fingerprint density at radius 2 is 2.24 bits per heavy atom. The summed E-state index contributed by atoms with van der Waals surface area (Å²) >= 11 is 0. The third-order valence-electron chi connectivity index (χ3n) is 3.82. The molecule has 2 atom stereocenters. The zero-order valence-corrected chi connectivity index (χ0v) is 12.4. The number of amides is 2. The van der Waals surface area contributed by atoms with E-state index < -0.39 is 0 Å². The van der Waals surface area contributed by atoms with E-state index >= 15 is 0 Å². The van der Waals surface area contributed by atoms with E-state index in [0.717, 1.165) is 12.1 Å². The molecule has 1 aliphatic heterocycles. The van der Waals surface area contributed by atoms with Gasteiger partial charge in [-0.1, -0.05) is 18.2 Å². The van der Waals surface area contributed by atoms with Gasteiger partial charge >= 0.3 is 6.03 Å². The summed E-state index contributed by atoms with van der Waals surface area (Å²) in [4.78, 5) is 14.4. The van der Waals surface area contributed by atoms with Crippen LogP contribution in [0.1, 0.15) is 19.4 Å². The average molecular weight is 284 g/mol. The second kappa shape index (κ2) is 5.60. The zero-order chi connectivity index (χ0) is 14.8. The molecule has 3 rings (SSSR count). The van der Waals surface area contributed by atoms with Crippen LogP contribution in [0.2, 0.25) is 0 Å². The quantitative estimate of drug-likeness (QED) is 0.941. The van der Waals surface area contributed by atoms with Crippen LogP contribution in [0.15, 0.2) is 42.7 Å². The maximum atomic E-state index is 12.5. The van der Waals surface area contributed by atoms with Crippen LogP contribution in [-0.4, -0.2) is 27.9 Å². The summed E-state index contributed by atoms with van der Waals surface area (Å²) in [7, 11) is 0. The molecule has 0 spiro atoms. The SMILES string of the molecule is C[C@@H]1Cc2ccccc2N1C(=O)N[C@@H](C)Cn1cccn1. The van der Waals surface area contributed by atoms with Crippen molar-refractivity contribution in [2.24, 2.45) is 0 Å². The molecule has 1 aliphatic rings. The van der Waals surface area contributed by atoms with Crippen LogP contribution in [0.25, 0.3) is 0 Å². The molecule has 2 heterocycles. The van der Waals surface area contributed by atoms with Crippen LogP contribution < -0.4 is 10.2 Å². The van der Waals surface area contributed by atoms with Gasteiger partial charge < -0.3 is 5.32 Å². The van der Waals surface area contributed by atoms with Crippen molar-refractivity contribution >= 4 is 11.7 Å². The van der Waals surface area contributed by atoms with Crippen LogP contribution in [0.4, 0.5) is 10.5 Å². The molecule has 5 nitrogen and oxygen atoms in total. The first-order valence-corrected chi connectivity index (χ1v) is 7.30. The minimum Gasteiger partial charge on any atom is -0.333 e. The van der Waals surface area contributed by atoms with Crippen molar-refractivity contribution in [1.29, 1.82) is 0 Å². The Hall–Kier alpha value is -2.30. The second-order valence-corrected chi connectivity index (χ2v) is 5.63. The summed E-state index contributed by atoms with van der Waals surface area (Å²) in [6.07, 6.45) is 4.56. The van der Waals surface area contributed by atoms with Crippen LogP contribution in [0.5, 0.6) is 0 Å². The van der Waals surface area contributed by atoms with Gasteiger partial charge in [-0.3, -0.25) is 9.58 Å². The second-order valence-electron chi connectivity index (χ2n) is 5.63. The van der Waals surface area contributed by atoms with Crippen LogP contribution in [-0.2, 0) is 13.0 Å². The van der Waals surface area contributed by atoms with Crippen molar-refractivity contribution in [3.63, 3.8) is 0 Å². The number of nitrogens with one attached hydrogen (secondary N) is 1. The lowest BCUT2D eigenvalue weighted by molar-refractivity contribution is 0.240. The molecule has 0 saturated heterocycles. The highest BCUT2D eigenvalue weighted by Crippen LogP contribution is 2.31. The third kappa shape index (κ3) is 2.77. The van der Waals surface area contributed by atoms with Gasteiger partial charge in [0.15, 0.2) is 0 Å². The van der Waals surface area contributed by atoms with Crippen molar-refractivity contribution in [3.05, 3.63) is 48.3 Å². The molecule has 110 valence electrons. The number of hydrogen-bond acceptors (Lipinski definition) is 2. The van der Waals surface area contributed by atoms with Gasteiger partial charge in [0.1, 0.15) is 0 Å². The van der Waals surface area contributed by atoms with E-state index in [-0.39, 0.29) is 18.1 Å². The summed E-state index contributed by atoms with van der Waals surface area (Å²) in [5, 5.41) is 7.22. The molecule has 0 bridgehead atoms. The zero-order valence-electron chi connectivity index (χ0n) is 12.4. The van der Waals surface area contributed by atoms with Crippen molar-refractivity contribution in [2.75, 3.05) is 4.90 Å². The van der Waals surface area contributed by atoms with Crippen molar-refractivity contribution in [2.45, 2.75) is 38.9 Å². The van der Waals surface area contributed by atoms with Gasteiger partial charge in [-0.25, -0.2) is 4.79 Å². The standard InChI is InChI=1S/C16H20N4O/c1-12(11-19-9-5-8-17-19)18-16(21)20-13(2)10-14-6-3-4-7-15(14)20/h3-9,12-13H,10-11H2,1-2H3,(H,18,21)/t12-,13+/m0/s1. The Morgan fingerprint density at radius 1 is 1.43 bits per heavy atom. The van der Waals surface area contributed by atoms with Crippen LogP contribution >= 0.6 is 0 Å². The van der Waals surface area contributed by atoms with Crippen molar-refractivity contribution < 1.29 is 4.79 Å². The number of carbonyl (C=O) groups is 1. The number of aromatic nitrogens is 2. The predicted molar refractivity (Wildman–Crippen MR) is 82.3 cm³/mol. The number of urea groups is 1. The largest absolute Gasteiger partial charge is 0.333 e. The summed E-state index contributed by atoms with van der Waals surface area (Å²) in [5.74, 6) is 0. The molecule has 1 aromatic carbocycles. The molecular formula is C16H20N4O. The van der Waals surface area contributed by atoms with Gasteiger partial charge in [0.05, 0.1) is 6.54 Å².